The zero-order valence-electron chi connectivity index (χ0n) is 13.6. The highest BCUT2D eigenvalue weighted by Gasteiger charge is 2.16. The first-order valence-corrected chi connectivity index (χ1v) is 8.54. The molecule has 0 saturated carbocycles. The maximum atomic E-state index is 12.1. The van der Waals surface area contributed by atoms with Crippen LogP contribution < -0.4 is 5.32 Å². The molecule has 0 aromatic carbocycles. The van der Waals surface area contributed by atoms with Gasteiger partial charge in [0.25, 0.3) is 0 Å². The quantitative estimate of drug-likeness (QED) is 0.614. The second-order valence-electron chi connectivity index (χ2n) is 4.94. The number of amides is 1. The van der Waals surface area contributed by atoms with Crippen LogP contribution in [0.1, 0.15) is 35.8 Å². The number of pyridine rings is 2. The Morgan fingerprint density at radius 3 is 2.79 bits per heavy atom. The fraction of sp³-hybridized carbons (Fsp3) is 0.294. The molecule has 126 valence electrons. The Bertz CT molecular complexity index is 694. The van der Waals surface area contributed by atoms with Gasteiger partial charge in [0.15, 0.2) is 0 Å². The van der Waals surface area contributed by atoms with E-state index in [1.165, 1.54) is 11.8 Å². The monoisotopic (exact) mass is 345 g/mol. The van der Waals surface area contributed by atoms with Crippen LogP contribution in [0.5, 0.6) is 0 Å². The predicted molar refractivity (Wildman–Crippen MR) is 91.7 cm³/mol. The van der Waals surface area contributed by atoms with Crippen molar-refractivity contribution in [2.45, 2.75) is 24.9 Å². The Morgan fingerprint density at radius 2 is 2.08 bits per heavy atom. The fourth-order valence-corrected chi connectivity index (χ4v) is 2.80. The number of carbonyl (C=O) groups excluding carboxylic acids is 2. The van der Waals surface area contributed by atoms with Crippen molar-refractivity contribution in [3.05, 3.63) is 54.0 Å². The van der Waals surface area contributed by atoms with Crippen molar-refractivity contribution in [2.24, 2.45) is 0 Å². The number of hydrogen-bond donors (Lipinski definition) is 1. The maximum Gasteiger partial charge on any atom is 0.340 e. The average Bonchev–Trinajstić information content (AvgIpc) is 2.61. The molecule has 1 atom stereocenters. The number of ether oxygens (including phenoxy) is 1. The smallest absolute Gasteiger partial charge is 0.340 e. The van der Waals surface area contributed by atoms with Crippen molar-refractivity contribution in [3.63, 3.8) is 0 Å². The lowest BCUT2D eigenvalue weighted by atomic mass is 10.1. The number of esters is 1. The Morgan fingerprint density at radius 1 is 1.29 bits per heavy atom. The molecule has 0 aliphatic rings. The van der Waals surface area contributed by atoms with E-state index in [0.29, 0.717) is 17.2 Å². The van der Waals surface area contributed by atoms with Crippen LogP contribution in [0.25, 0.3) is 0 Å². The third-order valence-corrected chi connectivity index (χ3v) is 4.17. The van der Waals surface area contributed by atoms with E-state index in [1.807, 2.05) is 19.1 Å². The van der Waals surface area contributed by atoms with E-state index in [0.717, 1.165) is 5.56 Å². The molecule has 24 heavy (non-hydrogen) atoms. The summed E-state index contributed by atoms with van der Waals surface area (Å²) in [5, 5.41) is 3.38. The molecule has 1 N–H and O–H groups in total. The molecule has 0 aliphatic carbocycles. The molecule has 0 unspecified atom stereocenters. The SMILES string of the molecule is CCOC(=O)c1cccnc1SCC(=O)N[C@@H](C)c1cccnc1. The van der Waals surface area contributed by atoms with Crippen LogP contribution in [0, 0.1) is 0 Å². The van der Waals surface area contributed by atoms with E-state index < -0.39 is 5.97 Å². The molecule has 0 radical (unpaired) electrons. The maximum absolute atomic E-state index is 12.1. The number of aromatic nitrogens is 2. The summed E-state index contributed by atoms with van der Waals surface area (Å²) in [6.07, 6.45) is 4.99. The van der Waals surface area contributed by atoms with E-state index in [2.05, 4.69) is 15.3 Å². The van der Waals surface area contributed by atoms with Gasteiger partial charge in [0.2, 0.25) is 5.91 Å². The van der Waals surface area contributed by atoms with Crippen LogP contribution in [-0.2, 0) is 9.53 Å². The summed E-state index contributed by atoms with van der Waals surface area (Å²) in [5.41, 5.74) is 1.30. The summed E-state index contributed by atoms with van der Waals surface area (Å²) in [4.78, 5) is 32.2. The molecule has 0 spiro atoms. The summed E-state index contributed by atoms with van der Waals surface area (Å²) < 4.78 is 5.00. The molecular formula is C17H19N3O3S. The highest BCUT2D eigenvalue weighted by Crippen LogP contribution is 2.21. The number of rotatable bonds is 7. The lowest BCUT2D eigenvalue weighted by Gasteiger charge is -2.14. The van der Waals surface area contributed by atoms with Gasteiger partial charge >= 0.3 is 5.97 Å². The summed E-state index contributed by atoms with van der Waals surface area (Å²) in [5.74, 6) is -0.414. The molecule has 7 heteroatoms. The number of carbonyl (C=O) groups is 2. The van der Waals surface area contributed by atoms with E-state index in [-0.39, 0.29) is 17.7 Å². The Labute approximate surface area is 145 Å². The van der Waals surface area contributed by atoms with Gasteiger partial charge in [-0.1, -0.05) is 17.8 Å². The third kappa shape index (κ3) is 5.06. The van der Waals surface area contributed by atoms with Crippen molar-refractivity contribution in [2.75, 3.05) is 12.4 Å². The number of hydrogen-bond acceptors (Lipinski definition) is 6. The van der Waals surface area contributed by atoms with Crippen molar-refractivity contribution >= 4 is 23.6 Å². The summed E-state index contributed by atoms with van der Waals surface area (Å²) in [6.45, 7) is 3.93. The highest BCUT2D eigenvalue weighted by atomic mass is 32.2. The van der Waals surface area contributed by atoms with Crippen LogP contribution in [0.4, 0.5) is 0 Å². The fourth-order valence-electron chi connectivity index (χ4n) is 2.00. The van der Waals surface area contributed by atoms with Gasteiger partial charge in [-0.3, -0.25) is 9.78 Å². The van der Waals surface area contributed by atoms with Crippen LogP contribution >= 0.6 is 11.8 Å². The van der Waals surface area contributed by atoms with E-state index in [9.17, 15) is 9.59 Å². The van der Waals surface area contributed by atoms with Gasteiger partial charge < -0.3 is 10.1 Å². The van der Waals surface area contributed by atoms with E-state index in [1.54, 1.807) is 37.6 Å². The molecule has 2 rings (SSSR count). The topological polar surface area (TPSA) is 81.2 Å². The second kappa shape index (κ2) is 9.02. The van der Waals surface area contributed by atoms with Crippen molar-refractivity contribution in [1.29, 1.82) is 0 Å². The molecule has 0 bridgehead atoms. The molecular weight excluding hydrogens is 326 g/mol. The van der Waals surface area contributed by atoms with Gasteiger partial charge in [0, 0.05) is 18.6 Å². The normalized spacial score (nSPS) is 11.6. The van der Waals surface area contributed by atoms with Crippen LogP contribution in [-0.4, -0.2) is 34.2 Å². The minimum atomic E-state index is -0.433. The molecule has 0 saturated heterocycles. The summed E-state index contributed by atoms with van der Waals surface area (Å²) in [6, 6.07) is 6.90. The molecule has 1 amide bonds. The minimum absolute atomic E-state index is 0.139. The van der Waals surface area contributed by atoms with Crippen molar-refractivity contribution in [3.8, 4) is 0 Å². The lowest BCUT2D eigenvalue weighted by Crippen LogP contribution is -2.28. The molecule has 0 aliphatic heterocycles. The molecule has 2 aromatic rings. The first-order chi connectivity index (χ1) is 11.6. The van der Waals surface area contributed by atoms with Crippen molar-refractivity contribution in [1.82, 2.24) is 15.3 Å². The standard InChI is InChI=1S/C17H19N3O3S/c1-3-23-17(22)14-7-5-9-19-16(14)24-11-15(21)20-12(2)13-6-4-8-18-10-13/h4-10,12H,3,11H2,1-2H3,(H,20,21)/t12-/m0/s1. The Balaban J connectivity index is 1.93. The molecule has 2 heterocycles. The predicted octanol–water partition coefficient (Wildman–Crippen LogP) is 2.62. The van der Waals surface area contributed by atoms with E-state index in [4.69, 9.17) is 4.74 Å². The summed E-state index contributed by atoms with van der Waals surface area (Å²) in [7, 11) is 0. The van der Waals surface area contributed by atoms with Crippen LogP contribution in [0.15, 0.2) is 47.9 Å². The number of nitrogens with zero attached hydrogens (tertiary/aromatic N) is 2. The average molecular weight is 345 g/mol. The molecule has 2 aromatic heterocycles. The summed E-state index contributed by atoms with van der Waals surface area (Å²) >= 11 is 1.21. The van der Waals surface area contributed by atoms with E-state index >= 15 is 0 Å². The Kier molecular flexibility index (Phi) is 6.74. The van der Waals surface area contributed by atoms with Gasteiger partial charge in [-0.2, -0.15) is 0 Å². The zero-order valence-corrected chi connectivity index (χ0v) is 14.4. The first-order valence-electron chi connectivity index (χ1n) is 7.56. The van der Waals surface area contributed by atoms with Gasteiger partial charge in [-0.05, 0) is 37.6 Å². The van der Waals surface area contributed by atoms with Crippen molar-refractivity contribution < 1.29 is 14.3 Å². The second-order valence-corrected chi connectivity index (χ2v) is 5.90. The Hall–Kier alpha value is -2.41. The van der Waals surface area contributed by atoms with Gasteiger partial charge in [0.05, 0.1) is 24.0 Å². The lowest BCUT2D eigenvalue weighted by molar-refractivity contribution is -0.119. The third-order valence-electron chi connectivity index (χ3n) is 3.17. The van der Waals surface area contributed by atoms with Crippen LogP contribution in [0.3, 0.4) is 0 Å². The van der Waals surface area contributed by atoms with Crippen LogP contribution in [0.2, 0.25) is 0 Å². The van der Waals surface area contributed by atoms with Gasteiger partial charge in [0.1, 0.15) is 5.03 Å². The minimum Gasteiger partial charge on any atom is -0.462 e. The molecule has 0 fully saturated rings. The largest absolute Gasteiger partial charge is 0.462 e. The van der Waals surface area contributed by atoms with Gasteiger partial charge in [-0.25, -0.2) is 9.78 Å². The number of nitrogens with one attached hydrogen (secondary N) is 1. The number of thioether (sulfide) groups is 1. The highest BCUT2D eigenvalue weighted by molar-refractivity contribution is 8.00. The molecule has 6 nitrogen and oxygen atoms in total. The van der Waals surface area contributed by atoms with Gasteiger partial charge in [-0.15, -0.1) is 0 Å². The zero-order chi connectivity index (χ0) is 17.4. The first kappa shape index (κ1) is 17.9.